The van der Waals surface area contributed by atoms with E-state index in [1.165, 1.54) is 6.07 Å². The monoisotopic (exact) mass is 239 g/mol. The van der Waals surface area contributed by atoms with E-state index in [4.69, 9.17) is 4.42 Å². The van der Waals surface area contributed by atoms with E-state index < -0.39 is 0 Å². The second-order valence-electron chi connectivity index (χ2n) is 4.46. The summed E-state index contributed by atoms with van der Waals surface area (Å²) in [6.45, 7) is 5.45. The summed E-state index contributed by atoms with van der Waals surface area (Å²) < 4.78 is 5.60. The van der Waals surface area contributed by atoms with Crippen LogP contribution in [0.15, 0.2) is 39.1 Å². The predicted octanol–water partition coefficient (Wildman–Crippen LogP) is 2.52. The summed E-state index contributed by atoms with van der Waals surface area (Å²) in [5, 5.41) is 0.531. The van der Waals surface area contributed by atoms with Gasteiger partial charge in [-0.15, -0.1) is 0 Å². The quantitative estimate of drug-likeness (QED) is 0.718. The van der Waals surface area contributed by atoms with Gasteiger partial charge in [-0.05, 0) is 26.0 Å². The van der Waals surface area contributed by atoms with Crippen LogP contribution in [0.1, 0.15) is 11.3 Å². The van der Waals surface area contributed by atoms with Gasteiger partial charge in [0.1, 0.15) is 11.3 Å². The van der Waals surface area contributed by atoms with E-state index in [9.17, 15) is 9.59 Å². The van der Waals surface area contributed by atoms with E-state index in [0.29, 0.717) is 22.3 Å². The third-order valence-corrected chi connectivity index (χ3v) is 3.11. The van der Waals surface area contributed by atoms with Crippen LogP contribution in [-0.2, 0) is 4.79 Å². The summed E-state index contributed by atoms with van der Waals surface area (Å²) in [4.78, 5) is 23.1. The Hall–Kier alpha value is -2.16. The van der Waals surface area contributed by atoms with Gasteiger partial charge in [0.15, 0.2) is 11.2 Å². The number of carbonyl (C=O) groups is 1. The highest BCUT2D eigenvalue weighted by Gasteiger charge is 2.37. The highest BCUT2D eigenvalue weighted by molar-refractivity contribution is 6.20. The highest BCUT2D eigenvalue weighted by atomic mass is 16.3. The number of Topliss-reactive ketones (excluding diaryl/α,β-unsaturated/α-hetero) is 1. The van der Waals surface area contributed by atoms with Crippen LogP contribution in [-0.4, -0.2) is 5.78 Å². The number of fused-ring (bicyclic) bond motifs is 1. The number of ketones is 1. The summed E-state index contributed by atoms with van der Waals surface area (Å²) >= 11 is 0. The van der Waals surface area contributed by atoms with Gasteiger partial charge < -0.3 is 4.42 Å². The Morgan fingerprint density at radius 2 is 2.06 bits per heavy atom. The van der Waals surface area contributed by atoms with Gasteiger partial charge in [0.25, 0.3) is 0 Å². The van der Waals surface area contributed by atoms with E-state index in [-0.39, 0.29) is 17.1 Å². The Balaban J connectivity index is 2.28. The maximum Gasteiger partial charge on any atom is 0.192 e. The molecule has 3 heteroatoms. The Bertz CT molecular complexity index is 750. The Morgan fingerprint density at radius 1 is 1.33 bits per heavy atom. The molecule has 0 spiro atoms. The van der Waals surface area contributed by atoms with Crippen LogP contribution in [0.3, 0.4) is 0 Å². The predicted molar refractivity (Wildman–Crippen MR) is 69.1 cm³/mol. The average molecular weight is 239 g/mol. The van der Waals surface area contributed by atoms with Crippen molar-refractivity contribution in [2.75, 3.05) is 0 Å². The first-order chi connectivity index (χ1) is 8.58. The van der Waals surface area contributed by atoms with Crippen molar-refractivity contribution in [3.63, 3.8) is 0 Å². The number of aryl methyl sites for hydroxylation is 1. The van der Waals surface area contributed by atoms with E-state index >= 15 is 0 Å². The number of rotatable bonds is 1. The van der Waals surface area contributed by atoms with Crippen LogP contribution in [0.2, 0.25) is 0 Å². The molecule has 0 amide bonds. The molecule has 1 unspecified atom stereocenters. The van der Waals surface area contributed by atoms with Crippen molar-refractivity contribution in [2.45, 2.75) is 6.92 Å². The molecule has 18 heavy (non-hydrogen) atoms. The van der Waals surface area contributed by atoms with Crippen LogP contribution in [0.4, 0.5) is 0 Å². The number of benzene rings is 1. The zero-order valence-corrected chi connectivity index (χ0v) is 9.90. The van der Waals surface area contributed by atoms with Crippen molar-refractivity contribution >= 4 is 22.8 Å². The molecule has 1 aromatic heterocycles. The molecule has 0 bridgehead atoms. The van der Waals surface area contributed by atoms with E-state index in [0.717, 1.165) is 5.56 Å². The second-order valence-corrected chi connectivity index (χ2v) is 4.46. The topological polar surface area (TPSA) is 47.3 Å². The van der Waals surface area contributed by atoms with Crippen molar-refractivity contribution in [3.8, 4) is 0 Å². The van der Waals surface area contributed by atoms with Gasteiger partial charge >= 0.3 is 0 Å². The molecular formula is C15H11O3. The van der Waals surface area contributed by atoms with Crippen LogP contribution >= 0.6 is 0 Å². The molecule has 0 aliphatic heterocycles. The van der Waals surface area contributed by atoms with Gasteiger partial charge in [0.2, 0.25) is 0 Å². The molecule has 1 fully saturated rings. The molecule has 1 radical (unpaired) electrons. The second kappa shape index (κ2) is 3.67. The van der Waals surface area contributed by atoms with E-state index in [2.05, 4.69) is 6.92 Å². The third kappa shape index (κ3) is 1.59. The van der Waals surface area contributed by atoms with Crippen molar-refractivity contribution in [2.24, 2.45) is 5.92 Å². The average Bonchev–Trinajstić information content (AvgIpc) is 2.88. The van der Waals surface area contributed by atoms with E-state index in [1.807, 2.05) is 6.07 Å². The molecular weight excluding hydrogens is 228 g/mol. The lowest BCUT2D eigenvalue weighted by Gasteiger charge is -2.01. The minimum absolute atomic E-state index is 0.0574. The number of para-hydroxylation sites is 1. The maximum atomic E-state index is 11.8. The summed E-state index contributed by atoms with van der Waals surface area (Å²) in [5.41, 5.74) is 1.90. The molecule has 1 atom stereocenters. The van der Waals surface area contributed by atoms with Gasteiger partial charge in [-0.2, -0.15) is 0 Å². The minimum atomic E-state index is -0.239. The lowest BCUT2D eigenvalue weighted by atomic mass is 10.1. The van der Waals surface area contributed by atoms with Gasteiger partial charge in [0.05, 0.1) is 11.3 Å². The summed E-state index contributed by atoms with van der Waals surface area (Å²) in [6.07, 6.45) is 1.75. The summed E-state index contributed by atoms with van der Waals surface area (Å²) in [5.74, 6) is 0.380. The lowest BCUT2D eigenvalue weighted by molar-refractivity contribution is -0.109. The summed E-state index contributed by atoms with van der Waals surface area (Å²) in [7, 11) is 0. The first kappa shape index (κ1) is 11.0. The van der Waals surface area contributed by atoms with Gasteiger partial charge in [-0.25, -0.2) is 0 Å². The van der Waals surface area contributed by atoms with Crippen molar-refractivity contribution in [3.05, 3.63) is 58.3 Å². The van der Waals surface area contributed by atoms with Gasteiger partial charge in [-0.3, -0.25) is 9.59 Å². The fraction of sp³-hybridized carbons (Fsp3) is 0.133. The molecule has 1 aromatic carbocycles. The van der Waals surface area contributed by atoms with Crippen molar-refractivity contribution < 1.29 is 9.21 Å². The smallest absolute Gasteiger partial charge is 0.192 e. The molecule has 89 valence electrons. The molecule has 1 saturated carbocycles. The van der Waals surface area contributed by atoms with Gasteiger partial charge in [0, 0.05) is 17.2 Å². The van der Waals surface area contributed by atoms with Crippen LogP contribution in [0.25, 0.3) is 17.0 Å². The zero-order valence-electron chi connectivity index (χ0n) is 9.90. The first-order valence-corrected chi connectivity index (χ1v) is 5.70. The highest BCUT2D eigenvalue weighted by Crippen LogP contribution is 2.34. The SMILES string of the molecule is [CH2]C1C(=O)C1=Cc1cccc2c(=O)cc(C)oc12. The normalized spacial score (nSPS) is 20.7. The maximum absolute atomic E-state index is 11.8. The van der Waals surface area contributed by atoms with Crippen LogP contribution in [0.5, 0.6) is 0 Å². The molecule has 1 aliphatic carbocycles. The lowest BCUT2D eigenvalue weighted by Crippen LogP contribution is -2.00. The van der Waals surface area contributed by atoms with E-state index in [1.54, 1.807) is 25.1 Å². The molecule has 1 heterocycles. The molecule has 0 N–H and O–H groups in total. The Kier molecular flexibility index (Phi) is 2.23. The Labute approximate surface area is 104 Å². The third-order valence-electron chi connectivity index (χ3n) is 3.11. The number of hydrogen-bond donors (Lipinski definition) is 0. The Morgan fingerprint density at radius 3 is 2.72 bits per heavy atom. The van der Waals surface area contributed by atoms with Crippen molar-refractivity contribution in [1.82, 2.24) is 0 Å². The zero-order chi connectivity index (χ0) is 12.9. The number of allylic oxidation sites excluding steroid dienone is 1. The van der Waals surface area contributed by atoms with Gasteiger partial charge in [-0.1, -0.05) is 12.1 Å². The fourth-order valence-electron chi connectivity index (χ4n) is 2.03. The van der Waals surface area contributed by atoms with Crippen LogP contribution < -0.4 is 5.43 Å². The number of carbonyl (C=O) groups excluding carboxylic acids is 1. The molecule has 0 saturated heterocycles. The minimum Gasteiger partial charge on any atom is -0.460 e. The molecule has 2 aromatic rings. The molecule has 3 rings (SSSR count). The van der Waals surface area contributed by atoms with Crippen molar-refractivity contribution in [1.29, 1.82) is 0 Å². The van der Waals surface area contributed by atoms with Crippen LogP contribution in [0, 0.1) is 19.8 Å². The summed E-state index contributed by atoms with van der Waals surface area (Å²) in [6, 6.07) is 6.80. The molecule has 1 aliphatic rings. The largest absolute Gasteiger partial charge is 0.460 e. The first-order valence-electron chi connectivity index (χ1n) is 5.70. The fourth-order valence-corrected chi connectivity index (χ4v) is 2.03. The molecule has 3 nitrogen and oxygen atoms in total. The standard InChI is InChI=1S/C15H11O3/c1-8-6-13(16)11-5-3-4-10(15(11)18-8)7-12-9(2)14(12)17/h3-7,9H,2H2,1H3. The number of hydrogen-bond acceptors (Lipinski definition) is 3.